The van der Waals surface area contributed by atoms with E-state index in [0.29, 0.717) is 6.04 Å². The van der Waals surface area contributed by atoms with E-state index in [1.807, 2.05) is 0 Å². The summed E-state index contributed by atoms with van der Waals surface area (Å²) in [4.78, 5) is 2.66. The standard InChI is InChI=1S/C19H32N2/c1-3-5-13-18(21-15-9-10-16-21)19(20,14-4-2)17-11-7-6-8-12-17/h6-8,11-12,18H,3-5,9-10,13-16,20H2,1-2H3. The molecule has 2 unspecified atom stereocenters. The molecular formula is C19H32N2. The van der Waals surface area contributed by atoms with Crippen molar-refractivity contribution in [3.63, 3.8) is 0 Å². The Hall–Kier alpha value is -0.860. The van der Waals surface area contributed by atoms with Crippen molar-refractivity contribution >= 4 is 0 Å². The lowest BCUT2D eigenvalue weighted by Gasteiger charge is -2.43. The number of hydrogen-bond donors (Lipinski definition) is 1. The SMILES string of the molecule is CCCCC(N1CCCC1)C(N)(CCC)c1ccccc1. The van der Waals surface area contributed by atoms with Crippen LogP contribution in [0.2, 0.25) is 0 Å². The largest absolute Gasteiger partial charge is 0.320 e. The Morgan fingerprint density at radius 1 is 1.10 bits per heavy atom. The van der Waals surface area contributed by atoms with Gasteiger partial charge >= 0.3 is 0 Å². The van der Waals surface area contributed by atoms with Crippen molar-refractivity contribution < 1.29 is 0 Å². The molecule has 0 bridgehead atoms. The Balaban J connectivity index is 2.29. The van der Waals surface area contributed by atoms with Gasteiger partial charge in [-0.2, -0.15) is 0 Å². The second-order valence-electron chi connectivity index (χ2n) is 6.56. The third-order valence-corrected chi connectivity index (χ3v) is 4.98. The normalized spacial score (nSPS) is 20.3. The fourth-order valence-corrected chi connectivity index (χ4v) is 3.88. The molecule has 0 aliphatic carbocycles. The quantitative estimate of drug-likeness (QED) is 0.773. The Labute approximate surface area is 130 Å². The van der Waals surface area contributed by atoms with Gasteiger partial charge < -0.3 is 5.73 Å². The molecule has 1 aliphatic heterocycles. The number of likely N-dealkylation sites (tertiary alicyclic amines) is 1. The fourth-order valence-electron chi connectivity index (χ4n) is 3.88. The van der Waals surface area contributed by atoms with Crippen LogP contribution < -0.4 is 5.73 Å². The first-order valence-electron chi connectivity index (χ1n) is 8.80. The molecule has 1 aliphatic rings. The number of unbranched alkanes of at least 4 members (excludes halogenated alkanes) is 1. The summed E-state index contributed by atoms with van der Waals surface area (Å²) in [7, 11) is 0. The monoisotopic (exact) mass is 288 g/mol. The van der Waals surface area contributed by atoms with E-state index in [0.717, 1.165) is 12.8 Å². The lowest BCUT2D eigenvalue weighted by atomic mass is 9.77. The van der Waals surface area contributed by atoms with E-state index in [1.54, 1.807) is 0 Å². The minimum atomic E-state index is -0.199. The maximum Gasteiger partial charge on any atom is 0.0567 e. The van der Waals surface area contributed by atoms with Gasteiger partial charge in [0, 0.05) is 6.04 Å². The summed E-state index contributed by atoms with van der Waals surface area (Å²) in [6, 6.07) is 11.3. The van der Waals surface area contributed by atoms with Crippen molar-refractivity contribution in [3.05, 3.63) is 35.9 Å². The number of nitrogens with two attached hydrogens (primary N) is 1. The van der Waals surface area contributed by atoms with Crippen LogP contribution in [-0.4, -0.2) is 24.0 Å². The van der Waals surface area contributed by atoms with Gasteiger partial charge in [-0.1, -0.05) is 63.4 Å². The predicted octanol–water partition coefficient (Wildman–Crippen LogP) is 4.30. The molecule has 2 nitrogen and oxygen atoms in total. The third kappa shape index (κ3) is 3.87. The summed E-state index contributed by atoms with van der Waals surface area (Å²) in [5, 5.41) is 0. The van der Waals surface area contributed by atoms with Gasteiger partial charge in [0.05, 0.1) is 5.54 Å². The highest BCUT2D eigenvalue weighted by atomic mass is 15.2. The minimum absolute atomic E-state index is 0.199. The average Bonchev–Trinajstić information content (AvgIpc) is 3.03. The van der Waals surface area contributed by atoms with Crippen LogP contribution in [-0.2, 0) is 5.54 Å². The van der Waals surface area contributed by atoms with E-state index < -0.39 is 0 Å². The van der Waals surface area contributed by atoms with Crippen molar-refractivity contribution in [2.75, 3.05) is 13.1 Å². The molecule has 1 aromatic carbocycles. The van der Waals surface area contributed by atoms with Gasteiger partial charge in [0.1, 0.15) is 0 Å². The van der Waals surface area contributed by atoms with Crippen molar-refractivity contribution in [1.29, 1.82) is 0 Å². The van der Waals surface area contributed by atoms with Crippen molar-refractivity contribution in [2.45, 2.75) is 70.4 Å². The summed E-state index contributed by atoms with van der Waals surface area (Å²) in [6.45, 7) is 6.99. The van der Waals surface area contributed by atoms with Gasteiger partial charge in [0.15, 0.2) is 0 Å². The van der Waals surface area contributed by atoms with E-state index in [-0.39, 0.29) is 5.54 Å². The average molecular weight is 288 g/mol. The van der Waals surface area contributed by atoms with E-state index in [2.05, 4.69) is 49.1 Å². The Kier molecular flexibility index (Phi) is 6.25. The van der Waals surface area contributed by atoms with Crippen LogP contribution in [0, 0.1) is 0 Å². The predicted molar refractivity (Wildman–Crippen MR) is 91.3 cm³/mol. The van der Waals surface area contributed by atoms with E-state index in [1.165, 1.54) is 50.8 Å². The molecule has 118 valence electrons. The molecule has 21 heavy (non-hydrogen) atoms. The number of nitrogens with zero attached hydrogens (tertiary/aromatic N) is 1. The maximum atomic E-state index is 7.05. The van der Waals surface area contributed by atoms with Gasteiger partial charge in [-0.05, 0) is 44.3 Å². The van der Waals surface area contributed by atoms with E-state index in [4.69, 9.17) is 5.73 Å². The molecule has 0 amide bonds. The van der Waals surface area contributed by atoms with Gasteiger partial charge in [0.2, 0.25) is 0 Å². The summed E-state index contributed by atoms with van der Waals surface area (Å²) in [5.74, 6) is 0. The van der Waals surface area contributed by atoms with Crippen molar-refractivity contribution in [2.24, 2.45) is 5.73 Å². The minimum Gasteiger partial charge on any atom is -0.320 e. The first-order chi connectivity index (χ1) is 10.2. The lowest BCUT2D eigenvalue weighted by Crippen LogP contribution is -2.55. The Bertz CT molecular complexity index is 397. The van der Waals surface area contributed by atoms with Gasteiger partial charge in [-0.3, -0.25) is 4.90 Å². The molecule has 0 saturated carbocycles. The number of benzene rings is 1. The number of hydrogen-bond acceptors (Lipinski definition) is 2. The van der Waals surface area contributed by atoms with Gasteiger partial charge in [-0.15, -0.1) is 0 Å². The van der Waals surface area contributed by atoms with Crippen LogP contribution in [0.1, 0.15) is 64.4 Å². The van der Waals surface area contributed by atoms with E-state index >= 15 is 0 Å². The van der Waals surface area contributed by atoms with Gasteiger partial charge in [-0.25, -0.2) is 0 Å². The second-order valence-corrected chi connectivity index (χ2v) is 6.56. The fraction of sp³-hybridized carbons (Fsp3) is 0.684. The molecule has 2 atom stereocenters. The molecule has 1 aromatic rings. The van der Waals surface area contributed by atoms with Crippen molar-refractivity contribution in [1.82, 2.24) is 4.90 Å². The topological polar surface area (TPSA) is 29.3 Å². The zero-order valence-electron chi connectivity index (χ0n) is 13.9. The first-order valence-corrected chi connectivity index (χ1v) is 8.80. The Morgan fingerprint density at radius 3 is 2.33 bits per heavy atom. The zero-order chi connectivity index (χ0) is 15.1. The van der Waals surface area contributed by atoms with Gasteiger partial charge in [0.25, 0.3) is 0 Å². The Morgan fingerprint density at radius 2 is 1.76 bits per heavy atom. The maximum absolute atomic E-state index is 7.05. The molecular weight excluding hydrogens is 256 g/mol. The molecule has 2 heteroatoms. The molecule has 1 saturated heterocycles. The van der Waals surface area contributed by atoms with Crippen LogP contribution >= 0.6 is 0 Å². The molecule has 1 heterocycles. The van der Waals surface area contributed by atoms with Crippen LogP contribution in [0.4, 0.5) is 0 Å². The van der Waals surface area contributed by atoms with Crippen LogP contribution in [0.5, 0.6) is 0 Å². The highest BCUT2D eigenvalue weighted by molar-refractivity contribution is 5.26. The van der Waals surface area contributed by atoms with Crippen LogP contribution in [0.3, 0.4) is 0 Å². The summed E-state index contributed by atoms with van der Waals surface area (Å²) in [5.41, 5.74) is 8.17. The highest BCUT2D eigenvalue weighted by Crippen LogP contribution is 2.35. The molecule has 0 spiro atoms. The smallest absolute Gasteiger partial charge is 0.0567 e. The molecule has 2 rings (SSSR count). The molecule has 0 radical (unpaired) electrons. The van der Waals surface area contributed by atoms with Crippen molar-refractivity contribution in [3.8, 4) is 0 Å². The zero-order valence-corrected chi connectivity index (χ0v) is 13.9. The second kappa shape index (κ2) is 7.95. The summed E-state index contributed by atoms with van der Waals surface area (Å²) >= 11 is 0. The molecule has 2 N–H and O–H groups in total. The number of rotatable bonds is 8. The highest BCUT2D eigenvalue weighted by Gasteiger charge is 2.39. The van der Waals surface area contributed by atoms with Crippen LogP contribution in [0.15, 0.2) is 30.3 Å². The van der Waals surface area contributed by atoms with E-state index in [9.17, 15) is 0 Å². The first kappa shape index (κ1) is 16.5. The molecule has 0 aromatic heterocycles. The summed E-state index contributed by atoms with van der Waals surface area (Å²) in [6.07, 6.45) is 8.63. The summed E-state index contributed by atoms with van der Waals surface area (Å²) < 4.78 is 0. The molecule has 1 fully saturated rings. The van der Waals surface area contributed by atoms with Crippen LogP contribution in [0.25, 0.3) is 0 Å². The lowest BCUT2D eigenvalue weighted by molar-refractivity contribution is 0.125. The third-order valence-electron chi connectivity index (χ3n) is 4.98.